The first kappa shape index (κ1) is 21.1. The second-order valence-electron chi connectivity index (χ2n) is 8.13. The standard InChI is InChI=1S/C21H33N3O3S/c1-2-3-4-14-28(26,27)17-21(25)22-19-6-5-7-20(15-19)24-12-10-23(11-13-24)16-18-8-9-18/h5-7,15,18H,2-4,8-14,16-17H2,1H3,(H,22,25). The highest BCUT2D eigenvalue weighted by atomic mass is 32.2. The van der Waals surface area contributed by atoms with E-state index < -0.39 is 21.5 Å². The van der Waals surface area contributed by atoms with Crippen LogP contribution >= 0.6 is 0 Å². The summed E-state index contributed by atoms with van der Waals surface area (Å²) in [4.78, 5) is 17.1. The number of hydrogen-bond donors (Lipinski definition) is 1. The Hall–Kier alpha value is -1.60. The summed E-state index contributed by atoms with van der Waals surface area (Å²) in [6.07, 6.45) is 5.22. The molecule has 0 unspecified atom stereocenters. The number of anilines is 2. The van der Waals surface area contributed by atoms with Crippen LogP contribution in [0.5, 0.6) is 0 Å². The number of unbranched alkanes of at least 4 members (excludes halogenated alkanes) is 2. The van der Waals surface area contributed by atoms with Crippen LogP contribution in [-0.2, 0) is 14.6 Å². The maximum absolute atomic E-state index is 12.2. The molecule has 1 aliphatic heterocycles. The van der Waals surface area contributed by atoms with Crippen molar-refractivity contribution in [1.29, 1.82) is 0 Å². The summed E-state index contributed by atoms with van der Waals surface area (Å²) in [5.41, 5.74) is 1.74. The maximum Gasteiger partial charge on any atom is 0.239 e. The van der Waals surface area contributed by atoms with E-state index in [2.05, 4.69) is 15.1 Å². The highest BCUT2D eigenvalue weighted by Gasteiger charge is 2.26. The Morgan fingerprint density at radius 1 is 1.14 bits per heavy atom. The molecule has 0 atom stereocenters. The molecule has 1 N–H and O–H groups in total. The minimum absolute atomic E-state index is 0.0828. The van der Waals surface area contributed by atoms with Gasteiger partial charge < -0.3 is 10.2 Å². The number of carbonyl (C=O) groups excluding carboxylic acids is 1. The molecule has 6 nitrogen and oxygen atoms in total. The Kier molecular flexibility index (Phi) is 7.35. The van der Waals surface area contributed by atoms with E-state index >= 15 is 0 Å². The van der Waals surface area contributed by atoms with Crippen LogP contribution < -0.4 is 10.2 Å². The summed E-state index contributed by atoms with van der Waals surface area (Å²) in [5.74, 6) is 0.103. The van der Waals surface area contributed by atoms with E-state index in [1.165, 1.54) is 19.4 Å². The van der Waals surface area contributed by atoms with Gasteiger partial charge in [-0.3, -0.25) is 9.69 Å². The van der Waals surface area contributed by atoms with Crippen molar-refractivity contribution >= 4 is 27.1 Å². The molecule has 7 heteroatoms. The lowest BCUT2D eigenvalue weighted by Crippen LogP contribution is -2.47. The molecule has 1 aromatic rings. The fourth-order valence-corrected chi connectivity index (χ4v) is 4.94. The lowest BCUT2D eigenvalue weighted by Gasteiger charge is -2.36. The fourth-order valence-electron chi connectivity index (χ4n) is 3.68. The molecule has 0 aromatic heterocycles. The summed E-state index contributed by atoms with van der Waals surface area (Å²) in [7, 11) is -3.34. The molecule has 1 saturated carbocycles. The molecule has 2 aliphatic rings. The molecular weight excluding hydrogens is 374 g/mol. The first-order valence-electron chi connectivity index (χ1n) is 10.5. The van der Waals surface area contributed by atoms with Crippen molar-refractivity contribution < 1.29 is 13.2 Å². The number of carbonyl (C=O) groups is 1. The fraction of sp³-hybridized carbons (Fsp3) is 0.667. The van der Waals surface area contributed by atoms with Crippen LogP contribution in [0.3, 0.4) is 0 Å². The van der Waals surface area contributed by atoms with Crippen molar-refractivity contribution in [2.24, 2.45) is 5.92 Å². The lowest BCUT2D eigenvalue weighted by atomic mass is 10.2. The number of amides is 1. The summed E-state index contributed by atoms with van der Waals surface area (Å²) < 4.78 is 24.1. The van der Waals surface area contributed by atoms with Gasteiger partial charge in [0.1, 0.15) is 5.75 Å². The Morgan fingerprint density at radius 3 is 2.57 bits per heavy atom. The third-order valence-corrected chi connectivity index (χ3v) is 7.10. The van der Waals surface area contributed by atoms with Gasteiger partial charge in [-0.05, 0) is 43.4 Å². The Balaban J connectivity index is 1.49. The number of benzene rings is 1. The largest absolute Gasteiger partial charge is 0.369 e. The molecule has 2 fully saturated rings. The van der Waals surface area contributed by atoms with Gasteiger partial charge in [0.2, 0.25) is 5.91 Å². The van der Waals surface area contributed by atoms with E-state index in [4.69, 9.17) is 0 Å². The van der Waals surface area contributed by atoms with Gasteiger partial charge in [0.15, 0.2) is 9.84 Å². The first-order chi connectivity index (χ1) is 13.4. The van der Waals surface area contributed by atoms with Gasteiger partial charge >= 0.3 is 0 Å². The smallest absolute Gasteiger partial charge is 0.239 e. The summed E-state index contributed by atoms with van der Waals surface area (Å²) in [6.45, 7) is 7.37. The number of sulfone groups is 1. The predicted octanol–water partition coefficient (Wildman–Crippen LogP) is 2.76. The van der Waals surface area contributed by atoms with Crippen LogP contribution in [0.1, 0.15) is 39.0 Å². The van der Waals surface area contributed by atoms with Gasteiger partial charge in [-0.25, -0.2) is 8.42 Å². The monoisotopic (exact) mass is 407 g/mol. The summed E-state index contributed by atoms with van der Waals surface area (Å²) >= 11 is 0. The Labute approximate surface area is 169 Å². The van der Waals surface area contributed by atoms with Crippen LogP contribution in [-0.4, -0.2) is 63.5 Å². The zero-order valence-corrected chi connectivity index (χ0v) is 17.7. The molecule has 1 saturated heterocycles. The van der Waals surface area contributed by atoms with E-state index in [0.717, 1.165) is 50.6 Å². The first-order valence-corrected chi connectivity index (χ1v) is 12.3. The molecule has 28 heavy (non-hydrogen) atoms. The quantitative estimate of drug-likeness (QED) is 0.604. The lowest BCUT2D eigenvalue weighted by molar-refractivity contribution is -0.113. The van der Waals surface area contributed by atoms with Crippen LogP contribution in [0.2, 0.25) is 0 Å². The minimum Gasteiger partial charge on any atom is -0.369 e. The van der Waals surface area contributed by atoms with Gasteiger partial charge in [-0.1, -0.05) is 25.8 Å². The van der Waals surface area contributed by atoms with Crippen molar-refractivity contribution in [3.05, 3.63) is 24.3 Å². The summed E-state index contributed by atoms with van der Waals surface area (Å²) in [6, 6.07) is 7.72. The Bertz CT molecular complexity index is 754. The van der Waals surface area contributed by atoms with Crippen molar-refractivity contribution in [3.63, 3.8) is 0 Å². The van der Waals surface area contributed by atoms with Gasteiger partial charge in [0, 0.05) is 44.1 Å². The van der Waals surface area contributed by atoms with Crippen molar-refractivity contribution in [2.75, 3.05) is 54.4 Å². The number of hydrogen-bond acceptors (Lipinski definition) is 5. The molecule has 1 heterocycles. The number of nitrogens with one attached hydrogen (secondary N) is 1. The van der Waals surface area contributed by atoms with Crippen molar-refractivity contribution in [2.45, 2.75) is 39.0 Å². The third-order valence-electron chi connectivity index (χ3n) is 5.49. The van der Waals surface area contributed by atoms with Gasteiger partial charge in [-0.15, -0.1) is 0 Å². The molecular formula is C21H33N3O3S. The van der Waals surface area contributed by atoms with E-state index in [-0.39, 0.29) is 5.75 Å². The van der Waals surface area contributed by atoms with E-state index in [1.54, 1.807) is 0 Å². The predicted molar refractivity (Wildman–Crippen MR) is 115 cm³/mol. The maximum atomic E-state index is 12.2. The summed E-state index contributed by atoms with van der Waals surface area (Å²) in [5, 5.41) is 2.76. The van der Waals surface area contributed by atoms with E-state index in [9.17, 15) is 13.2 Å². The molecule has 0 spiro atoms. The molecule has 3 rings (SSSR count). The average Bonchev–Trinajstić information content (AvgIpc) is 3.46. The number of rotatable bonds is 10. The second-order valence-corrected chi connectivity index (χ2v) is 10.3. The normalized spacial score (nSPS) is 18.2. The van der Waals surface area contributed by atoms with Crippen molar-refractivity contribution in [3.8, 4) is 0 Å². The highest BCUT2D eigenvalue weighted by Crippen LogP contribution is 2.30. The van der Waals surface area contributed by atoms with E-state index in [0.29, 0.717) is 12.1 Å². The zero-order valence-electron chi connectivity index (χ0n) is 16.9. The van der Waals surface area contributed by atoms with Gasteiger partial charge in [0.05, 0.1) is 5.75 Å². The van der Waals surface area contributed by atoms with Crippen LogP contribution in [0, 0.1) is 5.92 Å². The third kappa shape index (κ3) is 6.78. The van der Waals surface area contributed by atoms with Crippen molar-refractivity contribution in [1.82, 2.24) is 4.90 Å². The molecule has 156 valence electrons. The van der Waals surface area contributed by atoms with E-state index in [1.807, 2.05) is 31.2 Å². The van der Waals surface area contributed by atoms with Gasteiger partial charge in [-0.2, -0.15) is 0 Å². The Morgan fingerprint density at radius 2 is 1.89 bits per heavy atom. The molecule has 1 aromatic carbocycles. The molecule has 1 amide bonds. The van der Waals surface area contributed by atoms with Crippen LogP contribution in [0.4, 0.5) is 11.4 Å². The number of piperazine rings is 1. The number of nitrogens with zero attached hydrogens (tertiary/aromatic N) is 2. The highest BCUT2D eigenvalue weighted by molar-refractivity contribution is 7.92. The van der Waals surface area contributed by atoms with Crippen LogP contribution in [0.15, 0.2) is 24.3 Å². The molecule has 1 aliphatic carbocycles. The minimum atomic E-state index is -3.34. The van der Waals surface area contributed by atoms with Gasteiger partial charge in [0.25, 0.3) is 0 Å². The molecule has 0 radical (unpaired) electrons. The zero-order chi connectivity index (χ0) is 20.0. The average molecular weight is 408 g/mol. The SMILES string of the molecule is CCCCCS(=O)(=O)CC(=O)Nc1cccc(N2CCN(CC3CC3)CC2)c1. The van der Waals surface area contributed by atoms with Crippen LogP contribution in [0.25, 0.3) is 0 Å². The second kappa shape index (κ2) is 9.74. The topological polar surface area (TPSA) is 69.7 Å². The molecule has 0 bridgehead atoms.